The normalized spacial score (nSPS) is 16.9. The Bertz CT molecular complexity index is 982. The Morgan fingerprint density at radius 3 is 3.07 bits per heavy atom. The molecule has 3 heterocycles. The van der Waals surface area contributed by atoms with Crippen LogP contribution in [0.2, 0.25) is 0 Å². The van der Waals surface area contributed by atoms with Crippen molar-refractivity contribution in [2.45, 2.75) is 38.6 Å². The van der Waals surface area contributed by atoms with E-state index in [1.807, 2.05) is 24.4 Å². The topological polar surface area (TPSA) is 85.9 Å². The van der Waals surface area contributed by atoms with E-state index in [1.54, 1.807) is 6.33 Å². The zero-order valence-corrected chi connectivity index (χ0v) is 17.0. The smallest absolute Gasteiger partial charge is 0.239 e. The Hall–Kier alpha value is -3.09. The quantitative estimate of drug-likeness (QED) is 0.599. The van der Waals surface area contributed by atoms with Gasteiger partial charge in [-0.05, 0) is 42.5 Å². The van der Waals surface area contributed by atoms with Crippen molar-refractivity contribution in [2.24, 2.45) is 0 Å². The number of anilines is 2. The molecule has 7 heteroatoms. The third kappa shape index (κ3) is 4.50. The molecule has 1 saturated heterocycles. The maximum atomic E-state index is 12.5. The molecule has 0 aliphatic carbocycles. The monoisotopic (exact) mass is 392 g/mol. The number of carbonyl (C=O) groups excluding carboxylic acids is 1. The summed E-state index contributed by atoms with van der Waals surface area (Å²) in [5, 5.41) is 7.44. The lowest BCUT2D eigenvalue weighted by atomic mass is 10.0. The summed E-state index contributed by atoms with van der Waals surface area (Å²) < 4.78 is 0. The molecule has 0 unspecified atom stereocenters. The molecule has 0 saturated carbocycles. The van der Waals surface area contributed by atoms with Gasteiger partial charge in [-0.3, -0.25) is 4.79 Å². The fraction of sp³-hybridized carbons (Fsp3) is 0.409. The van der Waals surface area contributed by atoms with E-state index in [0.717, 1.165) is 48.5 Å². The number of rotatable bonds is 6. The van der Waals surface area contributed by atoms with Gasteiger partial charge >= 0.3 is 0 Å². The minimum Gasteiger partial charge on any atom is -0.376 e. The van der Waals surface area contributed by atoms with Gasteiger partial charge in [-0.1, -0.05) is 26.0 Å². The lowest BCUT2D eigenvalue weighted by Gasteiger charge is -2.34. The Morgan fingerprint density at radius 2 is 2.21 bits per heavy atom. The molecule has 0 spiro atoms. The van der Waals surface area contributed by atoms with E-state index in [2.05, 4.69) is 56.5 Å². The molecule has 152 valence electrons. The second-order valence-corrected chi connectivity index (χ2v) is 7.92. The molecule has 1 aromatic carbocycles. The standard InChI is InChI=1S/C22H28N6O/c1-15(2)16-5-3-6-17(11-16)24-12-20(29)27-18-7-4-10-28(13-18)22-19-8-9-23-21(19)25-14-26-22/h3,5-6,8-9,11,14-15,18,24H,4,7,10,12-13H2,1-2H3,(H,27,29)(H,23,25,26)/t18-/m1/s1. The second kappa shape index (κ2) is 8.51. The zero-order chi connectivity index (χ0) is 20.2. The summed E-state index contributed by atoms with van der Waals surface area (Å²) in [4.78, 5) is 26.6. The Kier molecular flexibility index (Phi) is 5.64. The van der Waals surface area contributed by atoms with Gasteiger partial charge in [0.1, 0.15) is 17.8 Å². The predicted octanol–water partition coefficient (Wildman–Crippen LogP) is 3.28. The molecule has 1 aliphatic heterocycles. The van der Waals surface area contributed by atoms with Crippen LogP contribution in [0.1, 0.15) is 38.2 Å². The molecule has 3 N–H and O–H groups in total. The van der Waals surface area contributed by atoms with Gasteiger partial charge in [0.2, 0.25) is 5.91 Å². The van der Waals surface area contributed by atoms with E-state index in [4.69, 9.17) is 0 Å². The molecular weight excluding hydrogens is 364 g/mol. The first-order chi connectivity index (χ1) is 14.1. The van der Waals surface area contributed by atoms with Crippen molar-refractivity contribution in [1.29, 1.82) is 0 Å². The molecule has 0 radical (unpaired) electrons. The van der Waals surface area contributed by atoms with Crippen molar-refractivity contribution in [3.8, 4) is 0 Å². The fourth-order valence-corrected chi connectivity index (χ4v) is 3.87. The van der Waals surface area contributed by atoms with Crippen LogP contribution in [0.25, 0.3) is 11.0 Å². The summed E-state index contributed by atoms with van der Waals surface area (Å²) in [6.45, 7) is 6.29. The number of amides is 1. The van der Waals surface area contributed by atoms with Crippen LogP contribution in [0.3, 0.4) is 0 Å². The molecule has 1 atom stereocenters. The maximum absolute atomic E-state index is 12.5. The van der Waals surface area contributed by atoms with Crippen molar-refractivity contribution >= 4 is 28.4 Å². The zero-order valence-electron chi connectivity index (χ0n) is 17.0. The van der Waals surface area contributed by atoms with Crippen molar-refractivity contribution in [1.82, 2.24) is 20.3 Å². The van der Waals surface area contributed by atoms with Gasteiger partial charge in [0.25, 0.3) is 0 Å². The lowest BCUT2D eigenvalue weighted by molar-refractivity contribution is -0.120. The van der Waals surface area contributed by atoms with E-state index in [1.165, 1.54) is 5.56 Å². The largest absolute Gasteiger partial charge is 0.376 e. The number of H-pyrrole nitrogens is 1. The Labute approximate surface area is 170 Å². The van der Waals surface area contributed by atoms with Gasteiger partial charge in [0.05, 0.1) is 11.9 Å². The Morgan fingerprint density at radius 1 is 1.31 bits per heavy atom. The van der Waals surface area contributed by atoms with Crippen LogP contribution < -0.4 is 15.5 Å². The summed E-state index contributed by atoms with van der Waals surface area (Å²) in [7, 11) is 0. The Balaban J connectivity index is 1.34. The first kappa shape index (κ1) is 19.2. The number of hydrogen-bond acceptors (Lipinski definition) is 5. The van der Waals surface area contributed by atoms with Crippen LogP contribution >= 0.6 is 0 Å². The maximum Gasteiger partial charge on any atom is 0.239 e. The average Bonchev–Trinajstić information content (AvgIpc) is 3.21. The number of aromatic amines is 1. The molecule has 1 fully saturated rings. The summed E-state index contributed by atoms with van der Waals surface area (Å²) in [6.07, 6.45) is 5.47. The first-order valence-electron chi connectivity index (χ1n) is 10.3. The fourth-order valence-electron chi connectivity index (χ4n) is 3.87. The van der Waals surface area contributed by atoms with Crippen LogP contribution in [0, 0.1) is 0 Å². The molecule has 2 aromatic heterocycles. The summed E-state index contributed by atoms with van der Waals surface area (Å²) in [6, 6.07) is 10.4. The average molecular weight is 393 g/mol. The number of aromatic nitrogens is 3. The highest BCUT2D eigenvalue weighted by Crippen LogP contribution is 2.25. The van der Waals surface area contributed by atoms with Gasteiger partial charge in [0.15, 0.2) is 0 Å². The van der Waals surface area contributed by atoms with Gasteiger partial charge in [0, 0.05) is 31.0 Å². The molecule has 4 rings (SSSR count). The van der Waals surface area contributed by atoms with Crippen LogP contribution in [0.5, 0.6) is 0 Å². The van der Waals surface area contributed by atoms with Crippen LogP contribution in [-0.2, 0) is 4.79 Å². The van der Waals surface area contributed by atoms with Crippen molar-refractivity contribution in [2.75, 3.05) is 29.9 Å². The molecule has 29 heavy (non-hydrogen) atoms. The number of fused-ring (bicyclic) bond motifs is 1. The van der Waals surface area contributed by atoms with Gasteiger partial charge in [-0.2, -0.15) is 0 Å². The lowest BCUT2D eigenvalue weighted by Crippen LogP contribution is -2.49. The first-order valence-corrected chi connectivity index (χ1v) is 10.3. The minimum atomic E-state index is 0.0151. The highest BCUT2D eigenvalue weighted by molar-refractivity contribution is 5.87. The highest BCUT2D eigenvalue weighted by atomic mass is 16.2. The minimum absolute atomic E-state index is 0.0151. The number of benzene rings is 1. The molecule has 0 bridgehead atoms. The third-order valence-corrected chi connectivity index (χ3v) is 5.43. The number of nitrogens with one attached hydrogen (secondary N) is 3. The third-order valence-electron chi connectivity index (χ3n) is 5.43. The molecule has 7 nitrogen and oxygen atoms in total. The van der Waals surface area contributed by atoms with Gasteiger partial charge in [-0.15, -0.1) is 0 Å². The van der Waals surface area contributed by atoms with Crippen LogP contribution in [0.4, 0.5) is 11.5 Å². The highest BCUT2D eigenvalue weighted by Gasteiger charge is 2.23. The second-order valence-electron chi connectivity index (χ2n) is 7.92. The molecule has 1 amide bonds. The van der Waals surface area contributed by atoms with Crippen molar-refractivity contribution in [3.05, 3.63) is 48.4 Å². The van der Waals surface area contributed by atoms with Crippen molar-refractivity contribution in [3.63, 3.8) is 0 Å². The summed E-state index contributed by atoms with van der Waals surface area (Å²) in [5.41, 5.74) is 3.08. The summed E-state index contributed by atoms with van der Waals surface area (Å²) >= 11 is 0. The summed E-state index contributed by atoms with van der Waals surface area (Å²) in [5.74, 6) is 1.41. The van der Waals surface area contributed by atoms with Crippen molar-refractivity contribution < 1.29 is 4.79 Å². The molecular formula is C22H28N6O. The van der Waals surface area contributed by atoms with E-state index in [0.29, 0.717) is 5.92 Å². The number of hydrogen-bond donors (Lipinski definition) is 3. The molecule has 1 aliphatic rings. The van der Waals surface area contributed by atoms with Gasteiger partial charge in [-0.25, -0.2) is 9.97 Å². The number of carbonyl (C=O) groups is 1. The number of nitrogens with zero attached hydrogens (tertiary/aromatic N) is 3. The van der Waals surface area contributed by atoms with Crippen LogP contribution in [-0.4, -0.2) is 46.5 Å². The van der Waals surface area contributed by atoms with E-state index in [-0.39, 0.29) is 18.5 Å². The van der Waals surface area contributed by atoms with Crippen LogP contribution in [0.15, 0.2) is 42.9 Å². The number of piperidine rings is 1. The molecule has 3 aromatic rings. The van der Waals surface area contributed by atoms with E-state index in [9.17, 15) is 4.79 Å². The van der Waals surface area contributed by atoms with E-state index >= 15 is 0 Å². The SMILES string of the molecule is CC(C)c1cccc(NCC(=O)N[C@@H]2CCCN(c3ncnc4[nH]ccc34)C2)c1. The predicted molar refractivity (Wildman–Crippen MR) is 116 cm³/mol. The van der Waals surface area contributed by atoms with Gasteiger partial charge < -0.3 is 20.5 Å². The van der Waals surface area contributed by atoms with E-state index < -0.39 is 0 Å².